The fourth-order valence-corrected chi connectivity index (χ4v) is 4.00. The molecule has 2 aromatic rings. The molecule has 9 heteroatoms. The van der Waals surface area contributed by atoms with E-state index in [0.717, 1.165) is 6.26 Å². The summed E-state index contributed by atoms with van der Waals surface area (Å²) in [5, 5.41) is 11.5. The first-order valence-corrected chi connectivity index (χ1v) is 9.90. The van der Waals surface area contributed by atoms with Crippen LogP contribution in [-0.2, 0) is 9.84 Å². The first kappa shape index (κ1) is 18.1. The number of anilines is 2. The van der Waals surface area contributed by atoms with E-state index in [1.165, 1.54) is 18.2 Å². The van der Waals surface area contributed by atoms with Gasteiger partial charge in [0.2, 0.25) is 0 Å². The van der Waals surface area contributed by atoms with Gasteiger partial charge < -0.3 is 9.80 Å². The molecule has 26 heavy (non-hydrogen) atoms. The number of benzene rings is 2. The van der Waals surface area contributed by atoms with Crippen molar-refractivity contribution in [2.45, 2.75) is 4.90 Å². The van der Waals surface area contributed by atoms with E-state index in [1.54, 1.807) is 29.2 Å². The Kier molecular flexibility index (Phi) is 4.82. The number of hydrogen-bond donors (Lipinski definition) is 0. The first-order valence-electron chi connectivity index (χ1n) is 8.01. The Labute approximate surface area is 150 Å². The quantitative estimate of drug-likeness (QED) is 0.599. The number of nitro groups is 1. The maximum atomic E-state index is 13.9. The van der Waals surface area contributed by atoms with Gasteiger partial charge >= 0.3 is 5.69 Å². The predicted octanol–water partition coefficient (Wildman–Crippen LogP) is 2.46. The fraction of sp³-hybridized carbons (Fsp3) is 0.294. The van der Waals surface area contributed by atoms with Crippen molar-refractivity contribution in [2.24, 2.45) is 0 Å². The van der Waals surface area contributed by atoms with Crippen LogP contribution in [-0.4, -0.2) is 45.8 Å². The van der Waals surface area contributed by atoms with E-state index in [2.05, 4.69) is 0 Å². The molecular weight excluding hydrogens is 361 g/mol. The molecule has 1 heterocycles. The molecule has 2 aromatic carbocycles. The Bertz CT molecular complexity index is 941. The fourth-order valence-electron chi connectivity index (χ4n) is 3.15. The predicted molar refractivity (Wildman–Crippen MR) is 97.0 cm³/mol. The Balaban J connectivity index is 1.88. The molecule has 0 atom stereocenters. The van der Waals surface area contributed by atoms with Crippen molar-refractivity contribution in [3.8, 4) is 0 Å². The Morgan fingerprint density at radius 1 is 0.962 bits per heavy atom. The molecule has 7 nitrogen and oxygen atoms in total. The Morgan fingerprint density at radius 3 is 2.04 bits per heavy atom. The largest absolute Gasteiger partial charge is 0.366 e. The highest BCUT2D eigenvalue weighted by Gasteiger charge is 2.30. The van der Waals surface area contributed by atoms with Gasteiger partial charge in [0, 0.05) is 32.4 Å². The van der Waals surface area contributed by atoms with Gasteiger partial charge in [-0.1, -0.05) is 18.2 Å². The average Bonchev–Trinajstić information content (AvgIpc) is 2.61. The second kappa shape index (κ2) is 6.91. The van der Waals surface area contributed by atoms with E-state index in [0.29, 0.717) is 31.9 Å². The zero-order valence-electron chi connectivity index (χ0n) is 14.1. The monoisotopic (exact) mass is 379 g/mol. The number of sulfone groups is 1. The molecule has 3 rings (SSSR count). The maximum absolute atomic E-state index is 13.9. The van der Waals surface area contributed by atoms with Gasteiger partial charge in [-0.3, -0.25) is 10.1 Å². The number of hydrogen-bond acceptors (Lipinski definition) is 6. The third kappa shape index (κ3) is 3.48. The van der Waals surface area contributed by atoms with E-state index in [1.807, 2.05) is 4.90 Å². The molecule has 1 aliphatic rings. The first-order chi connectivity index (χ1) is 12.3. The SMILES string of the molecule is CS(=O)(=O)c1cccc(N2CCN(c3ccccc3F)CC2)c1[N+](=O)[O-]. The molecule has 0 radical (unpaired) electrons. The zero-order valence-corrected chi connectivity index (χ0v) is 14.9. The lowest BCUT2D eigenvalue weighted by atomic mass is 10.2. The minimum Gasteiger partial charge on any atom is -0.366 e. The number of para-hydroxylation sites is 2. The van der Waals surface area contributed by atoms with Crippen molar-refractivity contribution in [2.75, 3.05) is 42.2 Å². The van der Waals surface area contributed by atoms with Crippen LogP contribution >= 0.6 is 0 Å². The second-order valence-corrected chi connectivity index (χ2v) is 8.06. The van der Waals surface area contributed by atoms with Gasteiger partial charge in [-0.15, -0.1) is 0 Å². The molecule has 0 spiro atoms. The molecule has 0 N–H and O–H groups in total. The summed E-state index contributed by atoms with van der Waals surface area (Å²) in [5.74, 6) is -0.314. The van der Waals surface area contributed by atoms with E-state index < -0.39 is 20.4 Å². The molecule has 138 valence electrons. The van der Waals surface area contributed by atoms with Gasteiger partial charge in [-0.05, 0) is 24.3 Å². The van der Waals surface area contributed by atoms with E-state index in [-0.39, 0.29) is 16.4 Å². The lowest BCUT2D eigenvalue weighted by Crippen LogP contribution is -2.47. The molecule has 0 aromatic heterocycles. The summed E-state index contributed by atoms with van der Waals surface area (Å²) in [4.78, 5) is 14.2. The molecule has 0 bridgehead atoms. The van der Waals surface area contributed by atoms with Crippen molar-refractivity contribution in [3.05, 3.63) is 58.4 Å². The molecule has 0 amide bonds. The average molecular weight is 379 g/mol. The van der Waals surface area contributed by atoms with Crippen LogP contribution < -0.4 is 9.80 Å². The molecule has 1 aliphatic heterocycles. The molecule has 0 unspecified atom stereocenters. The van der Waals surface area contributed by atoms with Crippen LogP contribution in [0.25, 0.3) is 0 Å². The number of piperazine rings is 1. The van der Waals surface area contributed by atoms with Gasteiger partial charge in [0.15, 0.2) is 9.84 Å². The summed E-state index contributed by atoms with van der Waals surface area (Å²) in [7, 11) is -3.73. The van der Waals surface area contributed by atoms with E-state index in [4.69, 9.17) is 0 Å². The highest BCUT2D eigenvalue weighted by Crippen LogP contribution is 2.35. The van der Waals surface area contributed by atoms with Gasteiger partial charge in [0.1, 0.15) is 16.4 Å². The number of rotatable bonds is 4. The van der Waals surface area contributed by atoms with Crippen molar-refractivity contribution < 1.29 is 17.7 Å². The van der Waals surface area contributed by atoms with Crippen LogP contribution in [0.1, 0.15) is 0 Å². The molecule has 1 fully saturated rings. The highest BCUT2D eigenvalue weighted by molar-refractivity contribution is 7.90. The highest BCUT2D eigenvalue weighted by atomic mass is 32.2. The summed E-state index contributed by atoms with van der Waals surface area (Å²) in [6.07, 6.45) is 0.954. The molecular formula is C17H18FN3O4S. The van der Waals surface area contributed by atoms with Crippen molar-refractivity contribution >= 4 is 26.9 Å². The Morgan fingerprint density at radius 2 is 1.50 bits per heavy atom. The van der Waals surface area contributed by atoms with Gasteiger partial charge in [-0.2, -0.15) is 0 Å². The summed E-state index contributed by atoms with van der Waals surface area (Å²) >= 11 is 0. The van der Waals surface area contributed by atoms with E-state index in [9.17, 15) is 22.9 Å². The lowest BCUT2D eigenvalue weighted by molar-refractivity contribution is -0.387. The van der Waals surface area contributed by atoms with Crippen LogP contribution in [0.3, 0.4) is 0 Å². The number of nitro benzene ring substituents is 1. The minimum absolute atomic E-state index is 0.270. The van der Waals surface area contributed by atoms with Crippen molar-refractivity contribution in [1.29, 1.82) is 0 Å². The molecule has 0 saturated carbocycles. The minimum atomic E-state index is -3.73. The summed E-state index contributed by atoms with van der Waals surface area (Å²) in [6.45, 7) is 1.78. The molecule has 0 aliphatic carbocycles. The number of nitrogens with zero attached hydrogens (tertiary/aromatic N) is 3. The topological polar surface area (TPSA) is 83.8 Å². The van der Waals surface area contributed by atoms with E-state index >= 15 is 0 Å². The Hall–Kier alpha value is -2.68. The standard InChI is InChI=1S/C17H18FN3O4S/c1-26(24,25)16-8-4-7-15(17(16)21(22)23)20-11-9-19(10-12-20)14-6-3-2-5-13(14)18/h2-8H,9-12H2,1H3. The van der Waals surface area contributed by atoms with Crippen LogP contribution in [0.5, 0.6) is 0 Å². The zero-order chi connectivity index (χ0) is 18.9. The van der Waals surface area contributed by atoms with Gasteiger partial charge in [0.05, 0.1) is 10.6 Å². The van der Waals surface area contributed by atoms with Crippen LogP contribution in [0.4, 0.5) is 21.5 Å². The van der Waals surface area contributed by atoms with Gasteiger partial charge in [0.25, 0.3) is 0 Å². The van der Waals surface area contributed by atoms with Crippen LogP contribution in [0, 0.1) is 15.9 Å². The summed E-state index contributed by atoms with van der Waals surface area (Å²) in [5.41, 5.74) is 0.354. The third-order valence-corrected chi connectivity index (χ3v) is 5.50. The molecule has 1 saturated heterocycles. The van der Waals surface area contributed by atoms with Crippen molar-refractivity contribution in [1.82, 2.24) is 0 Å². The summed E-state index contributed by atoms with van der Waals surface area (Å²) < 4.78 is 37.7. The summed E-state index contributed by atoms with van der Waals surface area (Å²) in [6, 6.07) is 10.8. The smallest absolute Gasteiger partial charge is 0.311 e. The number of halogens is 1. The third-order valence-electron chi connectivity index (χ3n) is 4.37. The van der Waals surface area contributed by atoms with Crippen LogP contribution in [0.2, 0.25) is 0 Å². The normalized spacial score (nSPS) is 15.2. The maximum Gasteiger partial charge on any atom is 0.311 e. The van der Waals surface area contributed by atoms with Crippen LogP contribution in [0.15, 0.2) is 47.4 Å². The van der Waals surface area contributed by atoms with Crippen molar-refractivity contribution in [3.63, 3.8) is 0 Å². The van der Waals surface area contributed by atoms with Gasteiger partial charge in [-0.25, -0.2) is 12.8 Å². The second-order valence-electron chi connectivity index (χ2n) is 6.08. The lowest BCUT2D eigenvalue weighted by Gasteiger charge is -2.37.